The van der Waals surface area contributed by atoms with Crippen LogP contribution in [0.3, 0.4) is 0 Å². The van der Waals surface area contributed by atoms with Crippen LogP contribution in [0.15, 0.2) is 84.9 Å². The lowest BCUT2D eigenvalue weighted by molar-refractivity contribution is -0.0815. The Kier molecular flexibility index (Phi) is 4.06. The third-order valence-corrected chi connectivity index (χ3v) is 5.42. The molecule has 2 heteroatoms. The lowest BCUT2D eigenvalue weighted by Crippen LogP contribution is -2.48. The van der Waals surface area contributed by atoms with Crippen molar-refractivity contribution in [3.05, 3.63) is 102 Å². The average molecular weight is 330 g/mol. The Labute approximate surface area is 148 Å². The zero-order valence-corrected chi connectivity index (χ0v) is 14.3. The number of hydrogen-bond donors (Lipinski definition) is 1. The summed E-state index contributed by atoms with van der Waals surface area (Å²) in [4.78, 5) is 0. The van der Waals surface area contributed by atoms with E-state index in [1.807, 2.05) is 60.7 Å². The maximum Gasteiger partial charge on any atom is 0.118 e. The first kappa shape index (κ1) is 15.9. The van der Waals surface area contributed by atoms with Crippen molar-refractivity contribution in [2.75, 3.05) is 7.11 Å². The minimum absolute atomic E-state index is 0.0458. The first-order valence-electron chi connectivity index (χ1n) is 8.69. The van der Waals surface area contributed by atoms with Gasteiger partial charge in [-0.15, -0.1) is 0 Å². The first-order chi connectivity index (χ1) is 12.2. The predicted molar refractivity (Wildman–Crippen MR) is 99.9 cm³/mol. The van der Waals surface area contributed by atoms with Crippen molar-refractivity contribution in [2.24, 2.45) is 0 Å². The molecule has 3 atom stereocenters. The fourth-order valence-corrected chi connectivity index (χ4v) is 4.11. The Morgan fingerprint density at radius 2 is 1.40 bits per heavy atom. The van der Waals surface area contributed by atoms with Crippen LogP contribution < -0.4 is 4.74 Å². The van der Waals surface area contributed by atoms with Crippen molar-refractivity contribution in [1.82, 2.24) is 0 Å². The fraction of sp³-hybridized carbons (Fsp3) is 0.217. The summed E-state index contributed by atoms with van der Waals surface area (Å²) >= 11 is 0. The monoisotopic (exact) mass is 330 g/mol. The van der Waals surface area contributed by atoms with Gasteiger partial charge in [0.15, 0.2) is 0 Å². The summed E-state index contributed by atoms with van der Waals surface area (Å²) in [5, 5.41) is 11.5. The van der Waals surface area contributed by atoms with Crippen LogP contribution in [0, 0.1) is 0 Å². The molecule has 4 rings (SSSR count). The van der Waals surface area contributed by atoms with Crippen molar-refractivity contribution >= 4 is 0 Å². The highest BCUT2D eigenvalue weighted by Gasteiger charge is 2.54. The van der Waals surface area contributed by atoms with E-state index in [1.54, 1.807) is 7.11 Å². The third-order valence-electron chi connectivity index (χ3n) is 5.42. The van der Waals surface area contributed by atoms with Gasteiger partial charge < -0.3 is 9.84 Å². The molecule has 3 aromatic rings. The van der Waals surface area contributed by atoms with E-state index >= 15 is 0 Å². The van der Waals surface area contributed by atoms with Crippen molar-refractivity contribution in [2.45, 2.75) is 23.9 Å². The van der Waals surface area contributed by atoms with E-state index in [4.69, 9.17) is 4.74 Å². The maximum absolute atomic E-state index is 11.5. The fourth-order valence-electron chi connectivity index (χ4n) is 4.11. The second-order valence-electron chi connectivity index (χ2n) is 6.76. The minimum Gasteiger partial charge on any atom is -0.497 e. The van der Waals surface area contributed by atoms with Gasteiger partial charge in [0.05, 0.1) is 12.7 Å². The molecule has 25 heavy (non-hydrogen) atoms. The SMILES string of the molecule is COc1ccc([C@H]2C[C@@](O)(c3ccccc3)[C@@H]2c2ccccc2)cc1. The number of rotatable bonds is 4. The topological polar surface area (TPSA) is 29.5 Å². The quantitative estimate of drug-likeness (QED) is 0.741. The maximum atomic E-state index is 11.5. The summed E-state index contributed by atoms with van der Waals surface area (Å²) in [6.07, 6.45) is 0.725. The summed E-state index contributed by atoms with van der Waals surface area (Å²) in [7, 11) is 1.68. The second-order valence-corrected chi connectivity index (χ2v) is 6.76. The molecule has 1 N–H and O–H groups in total. The lowest BCUT2D eigenvalue weighted by atomic mass is 9.54. The highest BCUT2D eigenvalue weighted by Crippen LogP contribution is 2.60. The highest BCUT2D eigenvalue weighted by atomic mass is 16.5. The lowest BCUT2D eigenvalue weighted by Gasteiger charge is -2.53. The zero-order valence-electron chi connectivity index (χ0n) is 14.3. The molecule has 0 aromatic heterocycles. The molecule has 0 spiro atoms. The van der Waals surface area contributed by atoms with E-state index in [9.17, 15) is 5.11 Å². The van der Waals surface area contributed by atoms with E-state index in [-0.39, 0.29) is 5.92 Å². The van der Waals surface area contributed by atoms with E-state index in [1.165, 1.54) is 11.1 Å². The van der Waals surface area contributed by atoms with Crippen molar-refractivity contribution in [3.8, 4) is 5.75 Å². The molecule has 0 amide bonds. The molecule has 1 aliphatic rings. The number of ether oxygens (including phenoxy) is 1. The molecule has 2 nitrogen and oxygen atoms in total. The molecular formula is C23H22O2. The number of methoxy groups -OCH3 is 1. The largest absolute Gasteiger partial charge is 0.497 e. The van der Waals surface area contributed by atoms with Gasteiger partial charge in [-0.05, 0) is 41.2 Å². The van der Waals surface area contributed by atoms with E-state index in [0.29, 0.717) is 5.92 Å². The van der Waals surface area contributed by atoms with Crippen molar-refractivity contribution in [3.63, 3.8) is 0 Å². The minimum atomic E-state index is -0.826. The van der Waals surface area contributed by atoms with Gasteiger partial charge in [-0.2, -0.15) is 0 Å². The van der Waals surface area contributed by atoms with E-state index in [2.05, 4.69) is 24.3 Å². The molecule has 0 saturated heterocycles. The van der Waals surface area contributed by atoms with Crippen LogP contribution in [0.1, 0.15) is 34.9 Å². The number of aliphatic hydroxyl groups is 1. The molecular weight excluding hydrogens is 308 g/mol. The molecule has 1 fully saturated rings. The highest BCUT2D eigenvalue weighted by molar-refractivity contribution is 5.43. The molecule has 0 aliphatic heterocycles. The van der Waals surface area contributed by atoms with Gasteiger partial charge in [-0.25, -0.2) is 0 Å². The Hall–Kier alpha value is -2.58. The zero-order chi connectivity index (χ0) is 17.3. The molecule has 0 bridgehead atoms. The van der Waals surface area contributed by atoms with Gasteiger partial charge in [0, 0.05) is 5.92 Å². The first-order valence-corrected chi connectivity index (χ1v) is 8.69. The Morgan fingerprint density at radius 3 is 2.00 bits per heavy atom. The van der Waals surface area contributed by atoms with Gasteiger partial charge >= 0.3 is 0 Å². The molecule has 1 aliphatic carbocycles. The van der Waals surface area contributed by atoms with Crippen LogP contribution in [0.2, 0.25) is 0 Å². The van der Waals surface area contributed by atoms with Gasteiger partial charge in [0.1, 0.15) is 5.75 Å². The molecule has 3 aromatic carbocycles. The van der Waals surface area contributed by atoms with E-state index in [0.717, 1.165) is 17.7 Å². The van der Waals surface area contributed by atoms with Crippen LogP contribution in [0.4, 0.5) is 0 Å². The molecule has 1 saturated carbocycles. The molecule has 0 unspecified atom stereocenters. The van der Waals surface area contributed by atoms with Gasteiger partial charge in [-0.1, -0.05) is 72.8 Å². The van der Waals surface area contributed by atoms with Crippen LogP contribution in [-0.2, 0) is 5.60 Å². The summed E-state index contributed by atoms with van der Waals surface area (Å²) in [6, 6.07) is 28.6. The summed E-state index contributed by atoms with van der Waals surface area (Å²) in [5.74, 6) is 1.20. The smallest absolute Gasteiger partial charge is 0.118 e. The van der Waals surface area contributed by atoms with Crippen LogP contribution >= 0.6 is 0 Å². The van der Waals surface area contributed by atoms with Gasteiger partial charge in [0.2, 0.25) is 0 Å². The van der Waals surface area contributed by atoms with Crippen molar-refractivity contribution < 1.29 is 9.84 Å². The Balaban J connectivity index is 1.74. The van der Waals surface area contributed by atoms with E-state index < -0.39 is 5.60 Å². The molecule has 0 heterocycles. The Morgan fingerprint density at radius 1 is 0.800 bits per heavy atom. The molecule has 126 valence electrons. The normalized spacial score (nSPS) is 25.2. The number of benzene rings is 3. The van der Waals surface area contributed by atoms with Gasteiger partial charge in [0.25, 0.3) is 0 Å². The predicted octanol–water partition coefficient (Wildman–Crippen LogP) is 4.85. The summed E-state index contributed by atoms with van der Waals surface area (Å²) in [6.45, 7) is 0. The third kappa shape index (κ3) is 2.73. The average Bonchev–Trinajstić information content (AvgIpc) is 2.67. The second kappa shape index (κ2) is 6.38. The van der Waals surface area contributed by atoms with Crippen LogP contribution in [0.5, 0.6) is 5.75 Å². The van der Waals surface area contributed by atoms with Crippen LogP contribution in [0.25, 0.3) is 0 Å². The van der Waals surface area contributed by atoms with Gasteiger partial charge in [-0.3, -0.25) is 0 Å². The standard InChI is InChI=1S/C23H22O2/c1-25-20-14-12-17(13-15-20)21-16-23(24,19-10-6-3-7-11-19)22(21)18-8-4-2-5-9-18/h2-15,21-22,24H,16H2,1H3/t21-,22-,23-/m1/s1. The van der Waals surface area contributed by atoms with Crippen molar-refractivity contribution in [1.29, 1.82) is 0 Å². The summed E-state index contributed by atoms with van der Waals surface area (Å²) < 4.78 is 5.27. The number of hydrogen-bond acceptors (Lipinski definition) is 2. The summed E-state index contributed by atoms with van der Waals surface area (Å²) in [5.41, 5.74) is 2.59. The molecule has 0 radical (unpaired) electrons. The Bertz CT molecular complexity index is 827. The van der Waals surface area contributed by atoms with Crippen LogP contribution in [-0.4, -0.2) is 12.2 Å².